The van der Waals surface area contributed by atoms with Gasteiger partial charge in [0.1, 0.15) is 6.61 Å². The molecule has 0 aliphatic carbocycles. The van der Waals surface area contributed by atoms with Crippen LogP contribution in [0.15, 0.2) is 42.7 Å². The van der Waals surface area contributed by atoms with Crippen molar-refractivity contribution in [3.8, 4) is 11.5 Å². The van der Waals surface area contributed by atoms with Gasteiger partial charge < -0.3 is 19.7 Å². The van der Waals surface area contributed by atoms with Gasteiger partial charge in [-0.25, -0.2) is 0 Å². The molecule has 1 amide bonds. The van der Waals surface area contributed by atoms with Crippen LogP contribution in [0, 0.1) is 5.92 Å². The summed E-state index contributed by atoms with van der Waals surface area (Å²) >= 11 is 0. The lowest BCUT2D eigenvalue weighted by molar-refractivity contribution is 0.0949. The van der Waals surface area contributed by atoms with E-state index in [0.29, 0.717) is 36.8 Å². The van der Waals surface area contributed by atoms with Crippen LogP contribution >= 0.6 is 0 Å². The van der Waals surface area contributed by atoms with Gasteiger partial charge in [-0.1, -0.05) is 13.0 Å². The molecule has 1 aliphatic rings. The van der Waals surface area contributed by atoms with Crippen LogP contribution in [-0.4, -0.2) is 48.6 Å². The zero-order valence-corrected chi connectivity index (χ0v) is 18.1. The maximum Gasteiger partial charge on any atom is 0.251 e. The normalized spacial score (nSPS) is 16.8. The van der Waals surface area contributed by atoms with Crippen molar-refractivity contribution < 1.29 is 14.3 Å². The van der Waals surface area contributed by atoms with Gasteiger partial charge in [-0.3, -0.25) is 9.78 Å². The predicted octanol–water partition coefficient (Wildman–Crippen LogP) is 3.91. The highest BCUT2D eigenvalue weighted by atomic mass is 16.5. The quantitative estimate of drug-likeness (QED) is 0.601. The Hall–Kier alpha value is -2.60. The van der Waals surface area contributed by atoms with Gasteiger partial charge in [0, 0.05) is 36.6 Å². The average Bonchev–Trinajstić information content (AvgIpc) is 2.76. The summed E-state index contributed by atoms with van der Waals surface area (Å²) in [6.07, 6.45) is 7.08. The third-order valence-corrected chi connectivity index (χ3v) is 5.30. The molecule has 2 aromatic rings. The number of nitrogens with one attached hydrogen (secondary N) is 1. The van der Waals surface area contributed by atoms with Gasteiger partial charge in [-0.2, -0.15) is 0 Å². The monoisotopic (exact) mass is 411 g/mol. The maximum atomic E-state index is 12.6. The number of amides is 1. The Kier molecular flexibility index (Phi) is 8.51. The molecule has 162 valence electrons. The molecule has 6 nitrogen and oxygen atoms in total. The molecule has 1 unspecified atom stereocenters. The van der Waals surface area contributed by atoms with Crippen molar-refractivity contribution in [3.05, 3.63) is 53.9 Å². The number of rotatable bonds is 10. The van der Waals surface area contributed by atoms with E-state index in [-0.39, 0.29) is 5.91 Å². The van der Waals surface area contributed by atoms with E-state index in [1.54, 1.807) is 30.6 Å². The molecule has 30 heavy (non-hydrogen) atoms. The Bertz CT molecular complexity index is 798. The minimum atomic E-state index is -0.0817. The highest BCUT2D eigenvalue weighted by Gasteiger charge is 2.16. The molecule has 1 N–H and O–H groups in total. The number of nitrogens with zero attached hydrogens (tertiary/aromatic N) is 2. The highest BCUT2D eigenvalue weighted by Crippen LogP contribution is 2.29. The SMILES string of the molecule is CCOc1cc(C(=O)NCCCN2CCCC(C)C2)ccc1OCc1cccnc1. The van der Waals surface area contributed by atoms with E-state index in [9.17, 15) is 4.79 Å². The number of hydrogen-bond donors (Lipinski definition) is 1. The Labute approximate surface area is 179 Å². The molecular weight excluding hydrogens is 378 g/mol. The zero-order chi connectivity index (χ0) is 21.2. The van der Waals surface area contributed by atoms with Crippen molar-refractivity contribution >= 4 is 5.91 Å². The molecule has 2 heterocycles. The van der Waals surface area contributed by atoms with Crippen LogP contribution < -0.4 is 14.8 Å². The number of pyridine rings is 1. The number of carbonyl (C=O) groups is 1. The van der Waals surface area contributed by atoms with Crippen LogP contribution in [0.4, 0.5) is 0 Å². The second-order valence-corrected chi connectivity index (χ2v) is 7.90. The largest absolute Gasteiger partial charge is 0.490 e. The van der Waals surface area contributed by atoms with Gasteiger partial charge in [0.05, 0.1) is 6.61 Å². The molecule has 1 aromatic carbocycles. The first-order valence-corrected chi connectivity index (χ1v) is 10.9. The number of aromatic nitrogens is 1. The summed E-state index contributed by atoms with van der Waals surface area (Å²) in [5, 5.41) is 3.03. The minimum Gasteiger partial charge on any atom is -0.490 e. The van der Waals surface area contributed by atoms with Gasteiger partial charge in [-0.15, -0.1) is 0 Å². The number of ether oxygens (including phenoxy) is 2. The zero-order valence-electron chi connectivity index (χ0n) is 18.1. The molecule has 1 aliphatic heterocycles. The summed E-state index contributed by atoms with van der Waals surface area (Å²) in [4.78, 5) is 19.2. The van der Waals surface area contributed by atoms with Crippen molar-refractivity contribution in [1.29, 1.82) is 0 Å². The van der Waals surface area contributed by atoms with Crippen LogP contribution in [0.25, 0.3) is 0 Å². The minimum absolute atomic E-state index is 0.0817. The molecule has 1 atom stereocenters. The molecule has 1 saturated heterocycles. The number of hydrogen-bond acceptors (Lipinski definition) is 5. The van der Waals surface area contributed by atoms with Gasteiger partial charge in [0.15, 0.2) is 11.5 Å². The molecule has 1 aromatic heterocycles. The van der Waals surface area contributed by atoms with Crippen LogP contribution in [-0.2, 0) is 6.61 Å². The fourth-order valence-corrected chi connectivity index (χ4v) is 3.78. The number of carbonyl (C=O) groups excluding carboxylic acids is 1. The van der Waals surface area contributed by atoms with Crippen LogP contribution in [0.5, 0.6) is 11.5 Å². The van der Waals surface area contributed by atoms with Gasteiger partial charge in [0.2, 0.25) is 0 Å². The predicted molar refractivity (Wildman–Crippen MR) is 118 cm³/mol. The molecule has 1 fully saturated rings. The number of benzene rings is 1. The van der Waals surface area contributed by atoms with Gasteiger partial charge in [0.25, 0.3) is 5.91 Å². The summed E-state index contributed by atoms with van der Waals surface area (Å²) in [5.41, 5.74) is 1.56. The van der Waals surface area contributed by atoms with Gasteiger partial charge in [-0.05, 0) is 69.5 Å². The lowest BCUT2D eigenvalue weighted by Gasteiger charge is -2.30. The van der Waals surface area contributed by atoms with Crippen molar-refractivity contribution in [2.24, 2.45) is 5.92 Å². The third kappa shape index (κ3) is 6.73. The fourth-order valence-electron chi connectivity index (χ4n) is 3.78. The van der Waals surface area contributed by atoms with Gasteiger partial charge >= 0.3 is 0 Å². The maximum absolute atomic E-state index is 12.6. The first-order valence-electron chi connectivity index (χ1n) is 10.9. The molecular formula is C24H33N3O3. The van der Waals surface area contributed by atoms with E-state index in [1.807, 2.05) is 19.1 Å². The topological polar surface area (TPSA) is 63.7 Å². The summed E-state index contributed by atoms with van der Waals surface area (Å²) in [7, 11) is 0. The second kappa shape index (κ2) is 11.6. The molecule has 0 bridgehead atoms. The summed E-state index contributed by atoms with van der Waals surface area (Å²) in [6.45, 7) is 9.19. The molecule has 0 radical (unpaired) electrons. The molecule has 0 saturated carbocycles. The fraction of sp³-hybridized carbons (Fsp3) is 0.500. The summed E-state index contributed by atoms with van der Waals surface area (Å²) in [5.74, 6) is 1.90. The van der Waals surface area contributed by atoms with Crippen molar-refractivity contribution in [3.63, 3.8) is 0 Å². The average molecular weight is 412 g/mol. The summed E-state index contributed by atoms with van der Waals surface area (Å²) in [6, 6.07) is 9.17. The summed E-state index contributed by atoms with van der Waals surface area (Å²) < 4.78 is 11.6. The third-order valence-electron chi connectivity index (χ3n) is 5.30. The van der Waals surface area contributed by atoms with Crippen LogP contribution in [0.2, 0.25) is 0 Å². The van der Waals surface area contributed by atoms with E-state index >= 15 is 0 Å². The van der Waals surface area contributed by atoms with E-state index in [4.69, 9.17) is 9.47 Å². The van der Waals surface area contributed by atoms with E-state index in [0.717, 1.165) is 24.4 Å². The first-order chi connectivity index (χ1) is 14.7. The van der Waals surface area contributed by atoms with Crippen molar-refractivity contribution in [2.75, 3.05) is 32.8 Å². The van der Waals surface area contributed by atoms with Crippen molar-refractivity contribution in [1.82, 2.24) is 15.2 Å². The lowest BCUT2D eigenvalue weighted by Crippen LogP contribution is -2.36. The molecule has 0 spiro atoms. The second-order valence-electron chi connectivity index (χ2n) is 7.90. The number of likely N-dealkylation sites (tertiary alicyclic amines) is 1. The van der Waals surface area contributed by atoms with Crippen molar-refractivity contribution in [2.45, 2.75) is 39.7 Å². The van der Waals surface area contributed by atoms with E-state index in [2.05, 4.69) is 22.1 Å². The Balaban J connectivity index is 1.50. The lowest BCUT2D eigenvalue weighted by atomic mass is 10.0. The standard InChI is InChI=1S/C24H33N3O3/c1-3-29-23-15-21(9-10-22(23)30-18-20-8-4-11-25-16-20)24(28)26-12-6-14-27-13-5-7-19(2)17-27/h4,8-11,15-16,19H,3,5-7,12-14,17-18H2,1-2H3,(H,26,28). The molecule has 3 rings (SSSR count). The van der Waals surface area contributed by atoms with E-state index in [1.165, 1.54) is 25.9 Å². The Morgan fingerprint density at radius 1 is 1.27 bits per heavy atom. The number of piperidine rings is 1. The molecule has 6 heteroatoms. The smallest absolute Gasteiger partial charge is 0.251 e. The highest BCUT2D eigenvalue weighted by molar-refractivity contribution is 5.94. The van der Waals surface area contributed by atoms with Crippen LogP contribution in [0.3, 0.4) is 0 Å². The first kappa shape index (κ1) is 22.1. The Morgan fingerprint density at radius 2 is 2.17 bits per heavy atom. The van der Waals surface area contributed by atoms with Crippen LogP contribution in [0.1, 0.15) is 49.0 Å². The van der Waals surface area contributed by atoms with E-state index < -0.39 is 0 Å². The Morgan fingerprint density at radius 3 is 2.93 bits per heavy atom.